The Morgan fingerprint density at radius 2 is 1.85 bits per heavy atom. The van der Waals surface area contributed by atoms with E-state index in [4.69, 9.17) is 6.42 Å². The van der Waals surface area contributed by atoms with Crippen LogP contribution in [0.15, 0.2) is 30.3 Å². The van der Waals surface area contributed by atoms with Crippen molar-refractivity contribution in [2.24, 2.45) is 0 Å². The van der Waals surface area contributed by atoms with Gasteiger partial charge in [0.1, 0.15) is 0 Å². The van der Waals surface area contributed by atoms with E-state index in [9.17, 15) is 4.79 Å². The minimum absolute atomic E-state index is 0.121. The van der Waals surface area contributed by atoms with Crippen LogP contribution < -0.4 is 0 Å². The molecule has 0 spiro atoms. The Bertz CT molecular complexity index is 280. The fourth-order valence-corrected chi connectivity index (χ4v) is 0.673. The summed E-state index contributed by atoms with van der Waals surface area (Å²) in [7, 11) is 0. The molecule has 1 aromatic rings. The highest BCUT2D eigenvalue weighted by Crippen LogP contribution is 1.97. The van der Waals surface area contributed by atoms with Crippen molar-refractivity contribution in [1.82, 2.24) is 0 Å². The van der Waals surface area contributed by atoms with Gasteiger partial charge in [0.05, 0.1) is 0 Å². The lowest BCUT2D eigenvalue weighted by Gasteiger charge is -1.89. The van der Waals surface area contributed by atoms with E-state index in [1.54, 1.807) is 6.92 Å². The molecule has 0 bridgehead atoms. The lowest BCUT2D eigenvalue weighted by molar-refractivity contribution is 0.101. The van der Waals surface area contributed by atoms with E-state index < -0.39 is 0 Å². The van der Waals surface area contributed by atoms with Gasteiger partial charge in [0.15, 0.2) is 5.78 Å². The summed E-state index contributed by atoms with van der Waals surface area (Å²) in [5.41, 5.74) is 0.775. The first-order chi connectivity index (χ1) is 6.22. The monoisotopic (exact) mass is 174 g/mol. The van der Waals surface area contributed by atoms with Crippen LogP contribution in [0.4, 0.5) is 0 Å². The van der Waals surface area contributed by atoms with Crippen molar-refractivity contribution >= 4 is 5.78 Å². The van der Waals surface area contributed by atoms with Crippen LogP contribution in [-0.2, 0) is 0 Å². The summed E-state index contributed by atoms with van der Waals surface area (Å²) in [4.78, 5) is 10.6. The van der Waals surface area contributed by atoms with Gasteiger partial charge in [0.2, 0.25) is 0 Å². The first kappa shape index (κ1) is 11.4. The number of rotatable bonds is 1. The van der Waals surface area contributed by atoms with E-state index in [2.05, 4.69) is 5.92 Å². The minimum atomic E-state index is 0.121. The summed E-state index contributed by atoms with van der Waals surface area (Å²) in [6.45, 7) is 3.51. The van der Waals surface area contributed by atoms with Crippen LogP contribution in [0.2, 0.25) is 0 Å². The van der Waals surface area contributed by atoms with Gasteiger partial charge in [-0.1, -0.05) is 37.3 Å². The van der Waals surface area contributed by atoms with Crippen molar-refractivity contribution in [3.63, 3.8) is 0 Å². The second-order valence-electron chi connectivity index (χ2n) is 2.48. The quantitative estimate of drug-likeness (QED) is 0.472. The van der Waals surface area contributed by atoms with E-state index in [0.717, 1.165) is 12.0 Å². The molecule has 0 saturated carbocycles. The fourth-order valence-electron chi connectivity index (χ4n) is 0.673. The first-order valence-electron chi connectivity index (χ1n) is 4.21. The third-order valence-corrected chi connectivity index (χ3v) is 1.38. The van der Waals surface area contributed by atoms with Gasteiger partial charge >= 0.3 is 0 Å². The predicted octanol–water partition coefficient (Wildman–Crippen LogP) is 2.92. The zero-order valence-electron chi connectivity index (χ0n) is 8.08. The molecule has 0 saturated heterocycles. The maximum Gasteiger partial charge on any atom is 0.159 e. The van der Waals surface area contributed by atoms with Crippen molar-refractivity contribution in [2.75, 3.05) is 0 Å². The van der Waals surface area contributed by atoms with Gasteiger partial charge in [-0.05, 0) is 6.92 Å². The number of benzene rings is 1. The Kier molecular flexibility index (Phi) is 6.27. The molecule has 0 amide bonds. The van der Waals surface area contributed by atoms with Gasteiger partial charge in [0, 0.05) is 12.0 Å². The Balaban J connectivity index is 0.000000310. The van der Waals surface area contributed by atoms with Gasteiger partial charge in [-0.25, -0.2) is 0 Å². The predicted molar refractivity (Wildman–Crippen MR) is 55.6 cm³/mol. The minimum Gasteiger partial charge on any atom is -0.295 e. The van der Waals surface area contributed by atoms with Crippen LogP contribution in [0.1, 0.15) is 30.6 Å². The van der Waals surface area contributed by atoms with Crippen LogP contribution in [0.5, 0.6) is 0 Å². The Labute approximate surface area is 79.8 Å². The van der Waals surface area contributed by atoms with Crippen LogP contribution in [-0.4, -0.2) is 5.78 Å². The summed E-state index contributed by atoms with van der Waals surface area (Å²) in [6, 6.07) is 9.23. The molecule has 0 fully saturated rings. The molecule has 0 aromatic heterocycles. The van der Waals surface area contributed by atoms with Crippen LogP contribution >= 0.6 is 0 Å². The maximum atomic E-state index is 10.6. The highest BCUT2D eigenvalue weighted by molar-refractivity contribution is 5.93. The third-order valence-electron chi connectivity index (χ3n) is 1.38. The van der Waals surface area contributed by atoms with Crippen molar-refractivity contribution < 1.29 is 4.79 Å². The smallest absolute Gasteiger partial charge is 0.159 e. The van der Waals surface area contributed by atoms with E-state index in [1.807, 2.05) is 37.3 Å². The molecule has 0 aliphatic heterocycles. The molecular formula is C12H14O. The molecule has 1 nitrogen and oxygen atoms in total. The molecule has 1 rings (SSSR count). The first-order valence-corrected chi connectivity index (χ1v) is 4.21. The molecule has 13 heavy (non-hydrogen) atoms. The van der Waals surface area contributed by atoms with Crippen molar-refractivity contribution in [2.45, 2.75) is 20.3 Å². The lowest BCUT2D eigenvalue weighted by atomic mass is 10.2. The van der Waals surface area contributed by atoms with Gasteiger partial charge in [-0.3, -0.25) is 4.79 Å². The Morgan fingerprint density at radius 1 is 1.38 bits per heavy atom. The Morgan fingerprint density at radius 3 is 2.08 bits per heavy atom. The summed E-state index contributed by atoms with van der Waals surface area (Å²) >= 11 is 0. The average Bonchev–Trinajstić information content (AvgIpc) is 2.19. The molecule has 1 heteroatoms. The largest absolute Gasteiger partial charge is 0.295 e. The average molecular weight is 174 g/mol. The van der Waals surface area contributed by atoms with E-state index >= 15 is 0 Å². The number of terminal acetylenes is 1. The number of hydrogen-bond acceptors (Lipinski definition) is 1. The molecule has 0 radical (unpaired) electrons. The van der Waals surface area contributed by atoms with Crippen molar-refractivity contribution in [3.05, 3.63) is 35.9 Å². The van der Waals surface area contributed by atoms with E-state index in [1.165, 1.54) is 0 Å². The number of Topliss-reactive ketones (excluding diaryl/α,β-unsaturated/α-hetero) is 1. The molecular weight excluding hydrogens is 160 g/mol. The molecule has 0 atom stereocenters. The molecule has 68 valence electrons. The molecule has 0 aliphatic rings. The Hall–Kier alpha value is -1.55. The van der Waals surface area contributed by atoms with Crippen molar-refractivity contribution in [3.8, 4) is 12.3 Å². The summed E-state index contributed by atoms with van der Waals surface area (Å²) in [5, 5.41) is 0. The zero-order chi connectivity index (χ0) is 10.1. The van der Waals surface area contributed by atoms with Crippen LogP contribution in [0.3, 0.4) is 0 Å². The van der Waals surface area contributed by atoms with Crippen molar-refractivity contribution in [1.29, 1.82) is 0 Å². The SMILES string of the molecule is C#CCC.CC(=O)c1ccccc1. The van der Waals surface area contributed by atoms with Gasteiger partial charge in [-0.2, -0.15) is 0 Å². The van der Waals surface area contributed by atoms with Gasteiger partial charge in [0.25, 0.3) is 0 Å². The standard InChI is InChI=1S/C8H8O.C4H6/c1-7(9)8-5-3-2-4-6-8;1-3-4-2/h2-6H,1H3;1H,4H2,2H3. The molecule has 0 unspecified atom stereocenters. The van der Waals surface area contributed by atoms with E-state index in [0.29, 0.717) is 0 Å². The van der Waals surface area contributed by atoms with Crippen LogP contribution in [0.25, 0.3) is 0 Å². The normalized spacial score (nSPS) is 7.77. The van der Waals surface area contributed by atoms with E-state index in [-0.39, 0.29) is 5.78 Å². The van der Waals surface area contributed by atoms with Crippen LogP contribution in [0, 0.1) is 12.3 Å². The third kappa shape index (κ3) is 5.69. The second kappa shape index (κ2) is 7.12. The summed E-state index contributed by atoms with van der Waals surface area (Å²) in [6.07, 6.45) is 5.62. The zero-order valence-corrected chi connectivity index (χ0v) is 8.08. The number of carbonyl (C=O) groups excluding carboxylic acids is 1. The molecule has 1 aromatic carbocycles. The molecule has 0 aliphatic carbocycles. The van der Waals surface area contributed by atoms with Gasteiger partial charge in [-0.15, -0.1) is 12.3 Å². The van der Waals surface area contributed by atoms with Gasteiger partial charge < -0.3 is 0 Å². The molecule has 0 heterocycles. The number of hydrogen-bond donors (Lipinski definition) is 0. The second-order valence-corrected chi connectivity index (χ2v) is 2.48. The molecule has 0 N–H and O–H groups in total. The lowest BCUT2D eigenvalue weighted by Crippen LogP contribution is -1.88. The highest BCUT2D eigenvalue weighted by Gasteiger charge is 1.92. The highest BCUT2D eigenvalue weighted by atomic mass is 16.1. The topological polar surface area (TPSA) is 17.1 Å². The number of carbonyl (C=O) groups is 1. The fraction of sp³-hybridized carbons (Fsp3) is 0.250. The maximum absolute atomic E-state index is 10.6. The number of ketones is 1. The summed E-state index contributed by atoms with van der Waals surface area (Å²) < 4.78 is 0. The summed E-state index contributed by atoms with van der Waals surface area (Å²) in [5.74, 6) is 2.55.